The number of hydrogen-bond acceptors (Lipinski definition) is 5. The molecule has 0 bridgehead atoms. The molecule has 0 spiro atoms. The van der Waals surface area contributed by atoms with Gasteiger partial charge in [0.2, 0.25) is 0 Å². The highest BCUT2D eigenvalue weighted by molar-refractivity contribution is 8.26. The Kier molecular flexibility index (Phi) is 4.50. The molecule has 0 aromatic heterocycles. The highest BCUT2D eigenvalue weighted by Crippen LogP contribution is 2.63. The first-order valence-corrected chi connectivity index (χ1v) is 9.13. The van der Waals surface area contributed by atoms with Crippen molar-refractivity contribution in [1.82, 2.24) is 5.32 Å². The average Bonchev–Trinajstić information content (AvgIpc) is 2.77. The summed E-state index contributed by atoms with van der Waals surface area (Å²) >= 11 is 0. The van der Waals surface area contributed by atoms with Crippen molar-refractivity contribution >= 4 is 22.3 Å². The van der Waals surface area contributed by atoms with Gasteiger partial charge in [-0.3, -0.25) is 13.4 Å². The van der Waals surface area contributed by atoms with Crippen LogP contribution in [-0.4, -0.2) is 29.7 Å². The highest BCUT2D eigenvalue weighted by atomic mass is 32.3. The van der Waals surface area contributed by atoms with Crippen LogP contribution in [0.4, 0.5) is 11.4 Å². The maximum Gasteiger partial charge on any atom is 0.0844 e. The van der Waals surface area contributed by atoms with Gasteiger partial charge in [-0.1, -0.05) is 42.5 Å². The van der Waals surface area contributed by atoms with Gasteiger partial charge in [-0.2, -0.15) is 0 Å². The number of fused-ring (bicyclic) bond motifs is 1. The Labute approximate surface area is 139 Å². The van der Waals surface area contributed by atoms with E-state index in [0.29, 0.717) is 0 Å². The Morgan fingerprint density at radius 2 is 1.61 bits per heavy atom. The molecule has 1 heterocycles. The molecule has 3 rings (SSSR count). The second kappa shape index (κ2) is 6.41. The SMILES string of the molecule is CNCC[C@H](c1ccccc1)N1c2ccccc2N(C)S1(O)O. The minimum atomic E-state index is -3.06. The summed E-state index contributed by atoms with van der Waals surface area (Å²) in [6.07, 6.45) is 0.776. The fourth-order valence-corrected chi connectivity index (χ4v) is 4.70. The smallest absolute Gasteiger partial charge is 0.0844 e. The van der Waals surface area contributed by atoms with E-state index in [1.54, 1.807) is 15.7 Å². The van der Waals surface area contributed by atoms with Crippen LogP contribution in [0, 0.1) is 0 Å². The van der Waals surface area contributed by atoms with Gasteiger partial charge in [0.25, 0.3) is 0 Å². The van der Waals surface area contributed by atoms with Crippen molar-refractivity contribution in [2.45, 2.75) is 12.5 Å². The standard InChI is InChI=1S/C17H23N3O2S/c1-18-13-12-15(14-8-4-3-5-9-14)20-17-11-7-6-10-16(17)19(2)23(20,21)22/h3-11,15,18,21-22H,12-13H2,1-2H3/t15-/m1/s1. The van der Waals surface area contributed by atoms with Crippen LogP contribution in [-0.2, 0) is 0 Å². The van der Waals surface area contributed by atoms with Crippen molar-refractivity contribution < 1.29 is 9.11 Å². The first kappa shape index (κ1) is 16.1. The number of para-hydroxylation sites is 2. The topological polar surface area (TPSA) is 59.0 Å². The van der Waals surface area contributed by atoms with Gasteiger partial charge in [0, 0.05) is 7.05 Å². The molecular weight excluding hydrogens is 310 g/mol. The molecular formula is C17H23N3O2S. The molecule has 1 atom stereocenters. The van der Waals surface area contributed by atoms with E-state index in [-0.39, 0.29) is 6.04 Å². The third-order valence-electron chi connectivity index (χ3n) is 4.22. The maximum atomic E-state index is 10.8. The maximum absolute atomic E-state index is 10.8. The minimum Gasteiger partial charge on any atom is -0.320 e. The Balaban J connectivity index is 2.07. The fourth-order valence-electron chi connectivity index (χ4n) is 3.03. The van der Waals surface area contributed by atoms with Crippen LogP contribution in [0.25, 0.3) is 0 Å². The van der Waals surface area contributed by atoms with Gasteiger partial charge in [0.15, 0.2) is 0 Å². The lowest BCUT2D eigenvalue weighted by Gasteiger charge is -2.46. The molecule has 0 unspecified atom stereocenters. The highest BCUT2D eigenvalue weighted by Gasteiger charge is 2.42. The third kappa shape index (κ3) is 2.79. The predicted molar refractivity (Wildman–Crippen MR) is 97.9 cm³/mol. The molecule has 23 heavy (non-hydrogen) atoms. The Hall–Kier alpha value is -1.73. The van der Waals surface area contributed by atoms with Crippen LogP contribution in [0.5, 0.6) is 0 Å². The van der Waals surface area contributed by atoms with E-state index in [1.807, 2.05) is 61.6 Å². The van der Waals surface area contributed by atoms with Gasteiger partial charge >= 0.3 is 0 Å². The van der Waals surface area contributed by atoms with E-state index in [1.165, 1.54) is 0 Å². The van der Waals surface area contributed by atoms with Crippen LogP contribution < -0.4 is 13.9 Å². The van der Waals surface area contributed by atoms with Crippen molar-refractivity contribution in [3.63, 3.8) is 0 Å². The van der Waals surface area contributed by atoms with Crippen LogP contribution in [0.2, 0.25) is 0 Å². The summed E-state index contributed by atoms with van der Waals surface area (Å²) in [5, 5.41) is 3.16. The van der Waals surface area contributed by atoms with Gasteiger partial charge in [0.1, 0.15) is 0 Å². The first-order valence-electron chi connectivity index (χ1n) is 7.67. The zero-order valence-corrected chi connectivity index (χ0v) is 14.2. The van der Waals surface area contributed by atoms with Gasteiger partial charge in [-0.05, 0) is 48.7 Å². The Morgan fingerprint density at radius 1 is 1.00 bits per heavy atom. The third-order valence-corrected chi connectivity index (χ3v) is 6.14. The lowest BCUT2D eigenvalue weighted by Crippen LogP contribution is -2.35. The van der Waals surface area contributed by atoms with E-state index in [0.717, 1.165) is 29.9 Å². The average molecular weight is 333 g/mol. The largest absolute Gasteiger partial charge is 0.320 e. The van der Waals surface area contributed by atoms with Gasteiger partial charge < -0.3 is 5.32 Å². The first-order chi connectivity index (χ1) is 11.1. The summed E-state index contributed by atoms with van der Waals surface area (Å²) in [6, 6.07) is 17.6. The normalized spacial score (nSPS) is 18.6. The van der Waals surface area contributed by atoms with Gasteiger partial charge in [0.05, 0.1) is 17.4 Å². The summed E-state index contributed by atoms with van der Waals surface area (Å²) in [6.45, 7) is 0.789. The lowest BCUT2D eigenvalue weighted by atomic mass is 10.0. The fraction of sp³-hybridized carbons (Fsp3) is 0.294. The van der Waals surface area contributed by atoms with E-state index < -0.39 is 11.0 Å². The number of hydrogen-bond donors (Lipinski definition) is 3. The summed E-state index contributed by atoms with van der Waals surface area (Å²) in [5.41, 5.74) is 2.78. The summed E-state index contributed by atoms with van der Waals surface area (Å²) in [5.74, 6) is 0. The van der Waals surface area contributed by atoms with Crippen molar-refractivity contribution in [2.75, 3.05) is 29.3 Å². The number of rotatable bonds is 5. The van der Waals surface area contributed by atoms with Crippen LogP contribution >= 0.6 is 11.0 Å². The van der Waals surface area contributed by atoms with Crippen molar-refractivity contribution in [3.05, 3.63) is 60.2 Å². The number of benzene rings is 2. The molecule has 0 amide bonds. The minimum absolute atomic E-state index is 0.111. The van der Waals surface area contributed by atoms with E-state index in [9.17, 15) is 9.11 Å². The van der Waals surface area contributed by atoms with E-state index in [2.05, 4.69) is 5.32 Å². The Morgan fingerprint density at radius 3 is 2.26 bits per heavy atom. The van der Waals surface area contributed by atoms with Crippen molar-refractivity contribution in [1.29, 1.82) is 0 Å². The predicted octanol–water partition coefficient (Wildman–Crippen LogP) is 3.87. The molecule has 0 radical (unpaired) electrons. The Bertz CT molecular complexity index is 666. The van der Waals surface area contributed by atoms with Crippen molar-refractivity contribution in [3.8, 4) is 0 Å². The van der Waals surface area contributed by atoms with Gasteiger partial charge in [-0.15, -0.1) is 0 Å². The van der Waals surface area contributed by atoms with Crippen molar-refractivity contribution in [2.24, 2.45) is 0 Å². The quantitative estimate of drug-likeness (QED) is 0.775. The zero-order chi connectivity index (χ0) is 16.4. The lowest BCUT2D eigenvalue weighted by molar-refractivity contribution is 0.469. The second-order valence-electron chi connectivity index (χ2n) is 5.62. The molecule has 5 nitrogen and oxygen atoms in total. The van der Waals surface area contributed by atoms with Gasteiger partial charge in [-0.25, -0.2) is 4.31 Å². The molecule has 0 fully saturated rings. The number of anilines is 2. The second-order valence-corrected chi connectivity index (χ2v) is 7.54. The molecule has 6 heteroatoms. The monoisotopic (exact) mass is 333 g/mol. The van der Waals surface area contributed by atoms with Crippen LogP contribution in [0.1, 0.15) is 18.0 Å². The summed E-state index contributed by atoms with van der Waals surface area (Å²) in [7, 11) is 0.573. The zero-order valence-electron chi connectivity index (χ0n) is 13.4. The molecule has 0 saturated heterocycles. The molecule has 1 aliphatic heterocycles. The molecule has 2 aromatic carbocycles. The molecule has 3 N–H and O–H groups in total. The van der Waals surface area contributed by atoms with E-state index >= 15 is 0 Å². The summed E-state index contributed by atoms with van der Waals surface area (Å²) in [4.78, 5) is 0. The molecule has 2 aromatic rings. The number of nitrogens with one attached hydrogen (secondary N) is 1. The molecule has 0 saturated carbocycles. The van der Waals surface area contributed by atoms with E-state index in [4.69, 9.17) is 0 Å². The molecule has 0 aliphatic carbocycles. The summed E-state index contributed by atoms with van der Waals surface area (Å²) < 4.78 is 25.0. The van der Waals surface area contributed by atoms with Crippen LogP contribution in [0.15, 0.2) is 54.6 Å². The number of nitrogens with zero attached hydrogens (tertiary/aromatic N) is 2. The molecule has 124 valence electrons. The molecule has 1 aliphatic rings. The van der Waals surface area contributed by atoms with Crippen LogP contribution in [0.3, 0.4) is 0 Å².